The number of nitrogens with zero attached hydrogens (tertiary/aromatic N) is 1. The van der Waals surface area contributed by atoms with E-state index in [-0.39, 0.29) is 12.6 Å². The van der Waals surface area contributed by atoms with Crippen molar-refractivity contribution in [3.63, 3.8) is 0 Å². The Morgan fingerprint density at radius 1 is 1.38 bits per heavy atom. The van der Waals surface area contributed by atoms with Crippen LogP contribution in [0, 0.1) is 0 Å². The molecule has 0 bridgehead atoms. The molecule has 1 aliphatic heterocycles. The number of ether oxygens (including phenoxy) is 2. The van der Waals surface area contributed by atoms with Crippen LogP contribution in [0.3, 0.4) is 0 Å². The molecule has 0 fully saturated rings. The Hall–Kier alpha value is -1.27. The van der Waals surface area contributed by atoms with Gasteiger partial charge in [-0.2, -0.15) is 0 Å². The molecule has 1 aliphatic rings. The van der Waals surface area contributed by atoms with Crippen molar-refractivity contribution in [3.05, 3.63) is 22.2 Å². The lowest BCUT2D eigenvalue weighted by Crippen LogP contribution is -2.36. The van der Waals surface area contributed by atoms with Gasteiger partial charge in [-0.25, -0.2) is 0 Å². The highest BCUT2D eigenvalue weighted by atomic mass is 79.9. The molecule has 2 rings (SSSR count). The third kappa shape index (κ3) is 4.11. The minimum absolute atomic E-state index is 0.0237. The van der Waals surface area contributed by atoms with Crippen LogP contribution >= 0.6 is 15.9 Å². The fourth-order valence-electron chi connectivity index (χ4n) is 2.25. The zero-order valence-electron chi connectivity index (χ0n) is 12.3. The third-order valence-electron chi connectivity index (χ3n) is 3.64. The number of aliphatic carboxylic acids is 1. The molecule has 21 heavy (non-hydrogen) atoms. The minimum atomic E-state index is -0.816. The van der Waals surface area contributed by atoms with E-state index in [0.29, 0.717) is 19.8 Å². The Morgan fingerprint density at radius 2 is 2.00 bits per heavy atom. The molecule has 6 heteroatoms. The number of hydrogen-bond acceptors (Lipinski definition) is 4. The number of fused-ring (bicyclic) bond motifs is 1. The van der Waals surface area contributed by atoms with Crippen molar-refractivity contribution < 1.29 is 19.4 Å². The highest BCUT2D eigenvalue weighted by Gasteiger charge is 2.20. The molecular weight excluding hydrogens is 338 g/mol. The van der Waals surface area contributed by atoms with Crippen molar-refractivity contribution in [3.8, 4) is 11.5 Å². The maximum Gasteiger partial charge on any atom is 0.317 e. The van der Waals surface area contributed by atoms with Gasteiger partial charge in [-0.05, 0) is 31.0 Å². The van der Waals surface area contributed by atoms with Gasteiger partial charge in [0, 0.05) is 17.1 Å². The summed E-state index contributed by atoms with van der Waals surface area (Å²) in [6.07, 6.45) is 0.898. The summed E-state index contributed by atoms with van der Waals surface area (Å²) in [4.78, 5) is 13.0. The van der Waals surface area contributed by atoms with Gasteiger partial charge >= 0.3 is 5.97 Å². The summed E-state index contributed by atoms with van der Waals surface area (Å²) in [6.45, 7) is 5.76. The topological polar surface area (TPSA) is 59.0 Å². The number of hydrogen-bond donors (Lipinski definition) is 1. The number of rotatable bonds is 6. The maximum absolute atomic E-state index is 11.0. The first-order chi connectivity index (χ1) is 10.0. The highest BCUT2D eigenvalue weighted by Crippen LogP contribution is 2.36. The molecule has 5 nitrogen and oxygen atoms in total. The van der Waals surface area contributed by atoms with Crippen LogP contribution in [0.25, 0.3) is 0 Å². The van der Waals surface area contributed by atoms with Gasteiger partial charge in [-0.3, -0.25) is 9.69 Å². The van der Waals surface area contributed by atoms with E-state index in [1.165, 1.54) is 0 Å². The molecule has 0 unspecified atom stereocenters. The molecule has 1 N–H and O–H groups in total. The number of halogens is 1. The molecule has 0 aromatic heterocycles. The van der Waals surface area contributed by atoms with Gasteiger partial charge in [0.15, 0.2) is 11.5 Å². The predicted octanol–water partition coefficient (Wildman–Crippen LogP) is 2.91. The number of benzene rings is 1. The molecule has 0 aliphatic carbocycles. The Balaban J connectivity index is 2.21. The quantitative estimate of drug-likeness (QED) is 0.848. The minimum Gasteiger partial charge on any atom is -0.486 e. The van der Waals surface area contributed by atoms with Gasteiger partial charge in [0.25, 0.3) is 0 Å². The second kappa shape index (κ2) is 7.13. The van der Waals surface area contributed by atoms with Crippen molar-refractivity contribution >= 4 is 21.9 Å². The highest BCUT2D eigenvalue weighted by molar-refractivity contribution is 9.10. The molecule has 0 saturated carbocycles. The zero-order chi connectivity index (χ0) is 15.4. The molecule has 1 atom stereocenters. The van der Waals surface area contributed by atoms with E-state index in [0.717, 1.165) is 28.0 Å². The lowest BCUT2D eigenvalue weighted by Gasteiger charge is -2.28. The van der Waals surface area contributed by atoms with E-state index in [9.17, 15) is 4.79 Å². The zero-order valence-corrected chi connectivity index (χ0v) is 13.9. The monoisotopic (exact) mass is 357 g/mol. The Labute approximate surface area is 133 Å². The summed E-state index contributed by atoms with van der Waals surface area (Å²) in [5, 5.41) is 9.07. The molecule has 1 heterocycles. The first-order valence-corrected chi connectivity index (χ1v) is 7.84. The van der Waals surface area contributed by atoms with Gasteiger partial charge < -0.3 is 14.6 Å². The largest absolute Gasteiger partial charge is 0.486 e. The van der Waals surface area contributed by atoms with Crippen LogP contribution in [-0.4, -0.2) is 41.8 Å². The molecular formula is C15H20BrNO4. The van der Waals surface area contributed by atoms with Crippen LogP contribution in [-0.2, 0) is 11.3 Å². The molecule has 0 amide bonds. The number of carboxylic acid groups (broad SMARTS) is 1. The van der Waals surface area contributed by atoms with E-state index >= 15 is 0 Å². The molecule has 0 spiro atoms. The van der Waals surface area contributed by atoms with Crippen molar-refractivity contribution in [2.24, 2.45) is 0 Å². The maximum atomic E-state index is 11.0. The predicted molar refractivity (Wildman–Crippen MR) is 82.9 cm³/mol. The molecule has 0 saturated heterocycles. The average molecular weight is 358 g/mol. The van der Waals surface area contributed by atoms with E-state index in [1.807, 2.05) is 24.0 Å². The second-order valence-corrected chi connectivity index (χ2v) is 6.00. The van der Waals surface area contributed by atoms with Gasteiger partial charge in [0.1, 0.15) is 13.2 Å². The van der Waals surface area contributed by atoms with Gasteiger partial charge in [-0.15, -0.1) is 0 Å². The van der Waals surface area contributed by atoms with Gasteiger partial charge in [-0.1, -0.05) is 22.9 Å². The van der Waals surface area contributed by atoms with Crippen LogP contribution < -0.4 is 9.47 Å². The van der Waals surface area contributed by atoms with Crippen LogP contribution in [0.15, 0.2) is 16.6 Å². The van der Waals surface area contributed by atoms with Crippen LogP contribution in [0.1, 0.15) is 25.8 Å². The Morgan fingerprint density at radius 3 is 2.57 bits per heavy atom. The summed E-state index contributed by atoms with van der Waals surface area (Å²) in [5.74, 6) is 0.632. The first kappa shape index (κ1) is 16.1. The average Bonchev–Trinajstić information content (AvgIpc) is 2.46. The number of carboxylic acids is 1. The fourth-order valence-corrected chi connectivity index (χ4v) is 2.69. The van der Waals surface area contributed by atoms with Crippen LogP contribution in [0.5, 0.6) is 11.5 Å². The number of carbonyl (C=O) groups is 1. The molecule has 116 valence electrons. The molecule has 0 radical (unpaired) electrons. The fraction of sp³-hybridized carbons (Fsp3) is 0.533. The van der Waals surface area contributed by atoms with E-state index in [4.69, 9.17) is 14.6 Å². The molecule has 1 aromatic carbocycles. The summed E-state index contributed by atoms with van der Waals surface area (Å²) < 4.78 is 12.0. The standard InChI is InChI=1S/C15H20BrNO4/c1-3-10(2)17(9-15(18)19)8-11-6-13-14(7-12(11)16)21-5-4-20-13/h6-7,10H,3-5,8-9H2,1-2H3,(H,18,19)/t10-/m1/s1. The van der Waals surface area contributed by atoms with E-state index < -0.39 is 5.97 Å². The van der Waals surface area contributed by atoms with Crippen molar-refractivity contribution in [1.82, 2.24) is 4.90 Å². The smallest absolute Gasteiger partial charge is 0.317 e. The summed E-state index contributed by atoms with van der Waals surface area (Å²) in [5.41, 5.74) is 1.00. The van der Waals surface area contributed by atoms with Gasteiger partial charge in [0.05, 0.1) is 6.54 Å². The van der Waals surface area contributed by atoms with E-state index in [1.54, 1.807) is 0 Å². The van der Waals surface area contributed by atoms with Gasteiger partial charge in [0.2, 0.25) is 0 Å². The summed E-state index contributed by atoms with van der Waals surface area (Å²) in [6, 6.07) is 4.01. The van der Waals surface area contributed by atoms with E-state index in [2.05, 4.69) is 22.9 Å². The third-order valence-corrected chi connectivity index (χ3v) is 4.38. The lowest BCUT2D eigenvalue weighted by atomic mass is 10.1. The van der Waals surface area contributed by atoms with Crippen molar-refractivity contribution in [2.45, 2.75) is 32.9 Å². The summed E-state index contributed by atoms with van der Waals surface area (Å²) >= 11 is 3.53. The first-order valence-electron chi connectivity index (χ1n) is 7.05. The molecule has 1 aromatic rings. The lowest BCUT2D eigenvalue weighted by molar-refractivity contribution is -0.139. The second-order valence-electron chi connectivity index (χ2n) is 5.14. The van der Waals surface area contributed by atoms with Crippen molar-refractivity contribution in [2.75, 3.05) is 19.8 Å². The van der Waals surface area contributed by atoms with Crippen LogP contribution in [0.4, 0.5) is 0 Å². The van der Waals surface area contributed by atoms with Crippen LogP contribution in [0.2, 0.25) is 0 Å². The van der Waals surface area contributed by atoms with Crippen molar-refractivity contribution in [1.29, 1.82) is 0 Å². The Kier molecular flexibility index (Phi) is 5.47. The SMILES string of the molecule is CC[C@@H](C)N(CC(=O)O)Cc1cc2c(cc1Br)OCCO2. The normalized spacial score (nSPS) is 15.0. The Bertz CT molecular complexity index is 521. The summed E-state index contributed by atoms with van der Waals surface area (Å²) in [7, 11) is 0.